The fraction of sp³-hybridized carbons (Fsp3) is 0.400. The van der Waals surface area contributed by atoms with Crippen LogP contribution in [0.2, 0.25) is 0 Å². The maximum absolute atomic E-state index is 12.8. The van der Waals surface area contributed by atoms with Gasteiger partial charge in [-0.05, 0) is 30.3 Å². The number of rotatable bonds is 2. The first kappa shape index (κ1) is 8.66. The summed E-state index contributed by atoms with van der Waals surface area (Å²) in [4.78, 5) is 0. The summed E-state index contributed by atoms with van der Waals surface area (Å²) in [6.07, 6.45) is 0.0839. The monoisotopic (exact) mass is 181 g/mol. The maximum Gasteiger partial charge on any atom is 0.123 e. The fourth-order valence-electron chi connectivity index (χ4n) is 1.65. The predicted octanol–water partition coefficient (Wildman–Crippen LogP) is 1.62. The second-order valence-corrected chi connectivity index (χ2v) is 3.20. The largest absolute Gasteiger partial charge is 0.367 e. The molecular weight excluding hydrogens is 169 g/mol. The number of hydrogen-bond acceptors (Lipinski definition) is 2. The number of nitrogens with one attached hydrogen (secondary N) is 1. The highest BCUT2D eigenvalue weighted by Crippen LogP contribution is 2.30. The van der Waals surface area contributed by atoms with Crippen molar-refractivity contribution in [1.82, 2.24) is 5.32 Å². The van der Waals surface area contributed by atoms with E-state index in [2.05, 4.69) is 5.32 Å². The highest BCUT2D eigenvalue weighted by atomic mass is 19.1. The lowest BCUT2D eigenvalue weighted by molar-refractivity contribution is 0.0674. The Morgan fingerprint density at radius 2 is 2.46 bits per heavy atom. The van der Waals surface area contributed by atoms with E-state index in [9.17, 15) is 4.39 Å². The van der Waals surface area contributed by atoms with Crippen LogP contribution in [0.1, 0.15) is 17.2 Å². The molecule has 0 unspecified atom stereocenters. The molecule has 0 aliphatic carbocycles. The van der Waals surface area contributed by atoms with Gasteiger partial charge >= 0.3 is 0 Å². The van der Waals surface area contributed by atoms with Gasteiger partial charge < -0.3 is 10.1 Å². The van der Waals surface area contributed by atoms with E-state index in [1.807, 2.05) is 7.05 Å². The lowest BCUT2D eigenvalue weighted by atomic mass is 10.1. The van der Waals surface area contributed by atoms with Gasteiger partial charge in [0.05, 0.1) is 12.7 Å². The van der Waals surface area contributed by atoms with Crippen LogP contribution in [0.5, 0.6) is 0 Å². The summed E-state index contributed by atoms with van der Waals surface area (Å²) in [6.45, 7) is 1.30. The molecule has 1 atom stereocenters. The number of benzene rings is 1. The Morgan fingerprint density at radius 3 is 3.23 bits per heavy atom. The van der Waals surface area contributed by atoms with Crippen molar-refractivity contribution in [3.05, 3.63) is 35.1 Å². The van der Waals surface area contributed by atoms with Gasteiger partial charge in [-0.3, -0.25) is 0 Å². The van der Waals surface area contributed by atoms with E-state index >= 15 is 0 Å². The quantitative estimate of drug-likeness (QED) is 0.748. The normalized spacial score (nSPS) is 20.3. The summed E-state index contributed by atoms with van der Waals surface area (Å²) >= 11 is 0. The zero-order valence-electron chi connectivity index (χ0n) is 7.51. The van der Waals surface area contributed by atoms with E-state index in [1.165, 1.54) is 6.07 Å². The minimum Gasteiger partial charge on any atom is -0.367 e. The number of likely N-dealkylation sites (N-methyl/N-ethyl adjacent to an activating group) is 1. The summed E-state index contributed by atoms with van der Waals surface area (Å²) < 4.78 is 18.3. The molecule has 1 aliphatic heterocycles. The van der Waals surface area contributed by atoms with E-state index in [4.69, 9.17) is 4.74 Å². The smallest absolute Gasteiger partial charge is 0.123 e. The van der Waals surface area contributed by atoms with E-state index in [-0.39, 0.29) is 11.9 Å². The van der Waals surface area contributed by atoms with Gasteiger partial charge in [0.2, 0.25) is 0 Å². The SMILES string of the molecule is CNC[C@@H]1OCc2cc(F)ccc21. The molecule has 0 saturated carbocycles. The average molecular weight is 181 g/mol. The Hall–Kier alpha value is -0.930. The van der Waals surface area contributed by atoms with Crippen molar-refractivity contribution in [3.63, 3.8) is 0 Å². The molecule has 1 heterocycles. The topological polar surface area (TPSA) is 21.3 Å². The molecule has 1 aromatic carbocycles. The molecule has 0 bridgehead atoms. The molecule has 2 rings (SSSR count). The Labute approximate surface area is 76.7 Å². The molecule has 1 aliphatic rings. The summed E-state index contributed by atoms with van der Waals surface area (Å²) in [7, 11) is 1.88. The molecular formula is C10H12FNO. The Balaban J connectivity index is 2.27. The van der Waals surface area contributed by atoms with Crippen molar-refractivity contribution in [2.75, 3.05) is 13.6 Å². The molecule has 1 N–H and O–H groups in total. The molecule has 0 saturated heterocycles. The summed E-state index contributed by atoms with van der Waals surface area (Å²) in [5.41, 5.74) is 2.08. The van der Waals surface area contributed by atoms with E-state index in [0.717, 1.165) is 17.7 Å². The van der Waals surface area contributed by atoms with Crippen LogP contribution in [0.15, 0.2) is 18.2 Å². The zero-order chi connectivity index (χ0) is 9.26. The second kappa shape index (κ2) is 3.44. The third-order valence-corrected chi connectivity index (χ3v) is 2.28. The fourth-order valence-corrected chi connectivity index (χ4v) is 1.65. The zero-order valence-corrected chi connectivity index (χ0v) is 7.51. The molecule has 0 spiro atoms. The highest BCUT2D eigenvalue weighted by Gasteiger charge is 2.22. The first-order chi connectivity index (χ1) is 6.31. The van der Waals surface area contributed by atoms with Gasteiger partial charge in [0, 0.05) is 6.54 Å². The van der Waals surface area contributed by atoms with Crippen molar-refractivity contribution in [2.24, 2.45) is 0 Å². The Kier molecular flexibility index (Phi) is 2.29. The lowest BCUT2D eigenvalue weighted by Gasteiger charge is -2.09. The van der Waals surface area contributed by atoms with Crippen LogP contribution in [0.3, 0.4) is 0 Å². The standard InChI is InChI=1S/C10H12FNO/c1-12-5-10-9-3-2-8(11)4-7(9)6-13-10/h2-4,10,12H,5-6H2,1H3/t10-/m0/s1. The van der Waals surface area contributed by atoms with Crippen LogP contribution in [0.4, 0.5) is 4.39 Å². The number of fused-ring (bicyclic) bond motifs is 1. The first-order valence-corrected chi connectivity index (χ1v) is 4.36. The van der Waals surface area contributed by atoms with Crippen molar-refractivity contribution >= 4 is 0 Å². The first-order valence-electron chi connectivity index (χ1n) is 4.36. The van der Waals surface area contributed by atoms with Crippen molar-refractivity contribution in [2.45, 2.75) is 12.7 Å². The van der Waals surface area contributed by atoms with Gasteiger partial charge in [-0.1, -0.05) is 6.07 Å². The number of ether oxygens (including phenoxy) is 1. The predicted molar refractivity (Wildman–Crippen MR) is 47.9 cm³/mol. The number of hydrogen-bond donors (Lipinski definition) is 1. The van der Waals surface area contributed by atoms with E-state index in [1.54, 1.807) is 12.1 Å². The van der Waals surface area contributed by atoms with Gasteiger partial charge in [0.1, 0.15) is 5.82 Å². The third kappa shape index (κ3) is 1.57. The van der Waals surface area contributed by atoms with Crippen LogP contribution in [0.25, 0.3) is 0 Å². The van der Waals surface area contributed by atoms with E-state index < -0.39 is 0 Å². The van der Waals surface area contributed by atoms with Crippen LogP contribution in [-0.2, 0) is 11.3 Å². The van der Waals surface area contributed by atoms with Crippen molar-refractivity contribution in [3.8, 4) is 0 Å². The molecule has 1 aromatic rings. The van der Waals surface area contributed by atoms with Gasteiger partial charge in [0.25, 0.3) is 0 Å². The molecule has 3 heteroatoms. The van der Waals surface area contributed by atoms with Crippen molar-refractivity contribution < 1.29 is 9.13 Å². The molecule has 0 amide bonds. The molecule has 2 nitrogen and oxygen atoms in total. The second-order valence-electron chi connectivity index (χ2n) is 3.20. The highest BCUT2D eigenvalue weighted by molar-refractivity contribution is 5.32. The Morgan fingerprint density at radius 1 is 1.62 bits per heavy atom. The minimum atomic E-state index is -0.188. The van der Waals surface area contributed by atoms with Crippen LogP contribution in [-0.4, -0.2) is 13.6 Å². The van der Waals surface area contributed by atoms with Crippen LogP contribution in [0, 0.1) is 5.82 Å². The average Bonchev–Trinajstić information content (AvgIpc) is 2.49. The van der Waals surface area contributed by atoms with Gasteiger partial charge in [0.15, 0.2) is 0 Å². The number of halogens is 1. The molecule has 0 fully saturated rings. The Bertz CT molecular complexity index is 314. The van der Waals surface area contributed by atoms with Gasteiger partial charge in [-0.25, -0.2) is 4.39 Å². The maximum atomic E-state index is 12.8. The molecule has 0 radical (unpaired) electrons. The molecule has 13 heavy (non-hydrogen) atoms. The van der Waals surface area contributed by atoms with Gasteiger partial charge in [-0.2, -0.15) is 0 Å². The minimum absolute atomic E-state index is 0.0839. The third-order valence-electron chi connectivity index (χ3n) is 2.28. The van der Waals surface area contributed by atoms with Gasteiger partial charge in [-0.15, -0.1) is 0 Å². The summed E-state index contributed by atoms with van der Waals surface area (Å²) in [5.74, 6) is -0.188. The molecule has 70 valence electrons. The van der Waals surface area contributed by atoms with Crippen LogP contribution < -0.4 is 5.32 Å². The lowest BCUT2D eigenvalue weighted by Crippen LogP contribution is -2.16. The molecule has 0 aromatic heterocycles. The summed E-state index contributed by atoms with van der Waals surface area (Å²) in [5, 5.41) is 3.05. The van der Waals surface area contributed by atoms with Crippen molar-refractivity contribution in [1.29, 1.82) is 0 Å². The summed E-state index contributed by atoms with van der Waals surface area (Å²) in [6, 6.07) is 4.83. The van der Waals surface area contributed by atoms with Crippen LogP contribution >= 0.6 is 0 Å². The van der Waals surface area contributed by atoms with E-state index in [0.29, 0.717) is 6.61 Å².